The number of ether oxygens (including phenoxy) is 2. The van der Waals surface area contributed by atoms with E-state index in [1.165, 1.54) is 12.4 Å². The van der Waals surface area contributed by atoms with Gasteiger partial charge in [-0.15, -0.1) is 0 Å². The van der Waals surface area contributed by atoms with E-state index in [1.807, 2.05) is 30.3 Å². The van der Waals surface area contributed by atoms with E-state index in [9.17, 15) is 9.59 Å². The number of hydrogen-bond acceptors (Lipinski definition) is 7. The number of aromatic nitrogens is 2. The summed E-state index contributed by atoms with van der Waals surface area (Å²) in [5.41, 5.74) is 2.18. The molecule has 9 nitrogen and oxygen atoms in total. The van der Waals surface area contributed by atoms with Gasteiger partial charge in [-0.05, 0) is 35.9 Å². The number of methoxy groups -OCH3 is 1. The number of urea groups is 1. The monoisotopic (exact) mass is 655 g/mol. The van der Waals surface area contributed by atoms with E-state index in [0.717, 1.165) is 5.56 Å². The second-order valence-electron chi connectivity index (χ2n) is 8.47. The van der Waals surface area contributed by atoms with Gasteiger partial charge < -0.3 is 14.8 Å². The fourth-order valence-corrected chi connectivity index (χ4v) is 4.66. The Morgan fingerprint density at radius 2 is 1.49 bits per heavy atom. The predicted molar refractivity (Wildman–Crippen MR) is 170 cm³/mol. The summed E-state index contributed by atoms with van der Waals surface area (Å²) in [6.45, 7) is 0.375. The van der Waals surface area contributed by atoms with Crippen LogP contribution in [-0.2, 0) is 11.4 Å². The van der Waals surface area contributed by atoms with Crippen LogP contribution in [0.25, 0.3) is 10.9 Å². The number of anilines is 2. The smallest absolute Gasteiger partial charge is 0.324 e. The minimum absolute atomic E-state index is 0.269. The number of para-hydroxylation sites is 2. The van der Waals surface area contributed by atoms with Crippen LogP contribution < -0.4 is 20.1 Å². The maximum atomic E-state index is 12.6. The molecule has 1 heterocycles. The number of fused-ring (bicyclic) bond motifs is 1. The zero-order valence-electron chi connectivity index (χ0n) is 22.3. The molecule has 43 heavy (non-hydrogen) atoms. The molecule has 218 valence electrons. The van der Waals surface area contributed by atoms with Crippen molar-refractivity contribution in [3.8, 4) is 11.5 Å². The summed E-state index contributed by atoms with van der Waals surface area (Å²) in [6.07, 6.45) is 2.73. The van der Waals surface area contributed by atoms with Crippen molar-refractivity contribution < 1.29 is 19.1 Å². The van der Waals surface area contributed by atoms with Crippen molar-refractivity contribution in [3.05, 3.63) is 111 Å². The number of halogens is 4. The predicted octanol–water partition coefficient (Wildman–Crippen LogP) is 9.13. The zero-order valence-corrected chi connectivity index (χ0v) is 25.3. The van der Waals surface area contributed by atoms with E-state index >= 15 is 0 Å². The molecule has 1 aromatic heterocycles. The first-order valence-electron chi connectivity index (χ1n) is 12.3. The van der Waals surface area contributed by atoms with E-state index in [-0.39, 0.29) is 5.69 Å². The lowest BCUT2D eigenvalue weighted by atomic mass is 10.2. The topological polar surface area (TPSA) is 115 Å². The Labute approximate surface area is 266 Å². The Morgan fingerprint density at radius 3 is 2.12 bits per heavy atom. The summed E-state index contributed by atoms with van der Waals surface area (Å²) >= 11 is 23.5. The summed E-state index contributed by atoms with van der Waals surface area (Å²) in [5, 5.41) is 7.26. The number of benzene rings is 4. The van der Waals surface area contributed by atoms with Crippen molar-refractivity contribution in [2.24, 2.45) is 4.99 Å². The Bertz CT molecular complexity index is 1760. The molecule has 0 aliphatic heterocycles. The molecule has 0 fully saturated rings. The third-order valence-electron chi connectivity index (χ3n) is 5.69. The molecule has 0 spiro atoms. The quantitative estimate of drug-likeness (QED) is 0.133. The second-order valence-corrected chi connectivity index (χ2v) is 10.1. The summed E-state index contributed by atoms with van der Waals surface area (Å²) in [7, 11) is 1.54. The van der Waals surface area contributed by atoms with Crippen LogP contribution in [0, 0.1) is 0 Å². The third kappa shape index (κ3) is 8.35. The van der Waals surface area contributed by atoms with Gasteiger partial charge in [-0.1, -0.05) is 88.9 Å². The molecule has 0 saturated carbocycles. The first-order chi connectivity index (χ1) is 20.8. The van der Waals surface area contributed by atoms with Crippen LogP contribution in [0.4, 0.5) is 22.0 Å². The van der Waals surface area contributed by atoms with E-state index in [4.69, 9.17) is 55.9 Å². The van der Waals surface area contributed by atoms with Gasteiger partial charge in [0.2, 0.25) is 6.08 Å². The van der Waals surface area contributed by atoms with Gasteiger partial charge in [0.15, 0.2) is 11.5 Å². The molecule has 0 aliphatic rings. The first kappa shape index (κ1) is 31.6. The van der Waals surface area contributed by atoms with Gasteiger partial charge >= 0.3 is 6.03 Å². The highest BCUT2D eigenvalue weighted by molar-refractivity contribution is 6.40. The molecule has 5 rings (SSSR count). The van der Waals surface area contributed by atoms with Gasteiger partial charge in [0.05, 0.1) is 38.4 Å². The number of rotatable bonds is 7. The Morgan fingerprint density at radius 1 is 0.837 bits per heavy atom. The standard InChI is InChI=1S/C23H18Cl2N4O3.C7H3Cl2NO/c1-31-19-10-15-18(11-20(19)32-12-14-6-3-2-4-7-14)26-13-27-22(15)29-23(30)28-21-16(24)8-5-9-17(21)25;8-5-2-1-3-6(9)7(5)10-4-11/h2-11,13H,12H2,1H3,(H2,26,27,28,29,30);1-3H. The maximum Gasteiger partial charge on any atom is 0.324 e. The van der Waals surface area contributed by atoms with Crippen molar-refractivity contribution in [1.29, 1.82) is 0 Å². The fraction of sp³-hybridized carbons (Fsp3) is 0.0667. The highest BCUT2D eigenvalue weighted by atomic mass is 35.5. The number of carbonyl (C=O) groups is 1. The molecular formula is C30H21Cl4N5O4. The number of aliphatic imine (C=N–C) groups is 1. The molecule has 0 atom stereocenters. The van der Waals surface area contributed by atoms with Crippen molar-refractivity contribution in [2.45, 2.75) is 6.61 Å². The molecule has 0 radical (unpaired) electrons. The largest absolute Gasteiger partial charge is 0.493 e. The minimum atomic E-state index is -0.552. The highest BCUT2D eigenvalue weighted by Gasteiger charge is 2.15. The van der Waals surface area contributed by atoms with E-state index in [1.54, 1.807) is 55.6 Å². The summed E-state index contributed by atoms with van der Waals surface area (Å²) in [5.74, 6) is 1.31. The first-order valence-corrected chi connectivity index (χ1v) is 13.8. The zero-order chi connectivity index (χ0) is 30.8. The normalized spacial score (nSPS) is 10.2. The lowest BCUT2D eigenvalue weighted by Crippen LogP contribution is -2.20. The van der Waals surface area contributed by atoms with Crippen molar-refractivity contribution in [2.75, 3.05) is 17.7 Å². The number of carbonyl (C=O) groups excluding carboxylic acids is 2. The minimum Gasteiger partial charge on any atom is -0.493 e. The van der Waals surface area contributed by atoms with Crippen LogP contribution >= 0.6 is 46.4 Å². The van der Waals surface area contributed by atoms with Crippen LogP contribution in [0.5, 0.6) is 11.5 Å². The molecule has 2 amide bonds. The van der Waals surface area contributed by atoms with Gasteiger partial charge in [0.25, 0.3) is 0 Å². The van der Waals surface area contributed by atoms with Crippen LogP contribution in [0.2, 0.25) is 20.1 Å². The van der Waals surface area contributed by atoms with Crippen molar-refractivity contribution in [1.82, 2.24) is 9.97 Å². The van der Waals surface area contributed by atoms with Crippen LogP contribution in [0.3, 0.4) is 0 Å². The van der Waals surface area contributed by atoms with Gasteiger partial charge in [-0.25, -0.2) is 19.6 Å². The lowest BCUT2D eigenvalue weighted by molar-refractivity contribution is 0.262. The highest BCUT2D eigenvalue weighted by Crippen LogP contribution is 2.35. The van der Waals surface area contributed by atoms with E-state index < -0.39 is 6.03 Å². The Kier molecular flexibility index (Phi) is 11.2. The van der Waals surface area contributed by atoms with Crippen molar-refractivity contribution in [3.63, 3.8) is 0 Å². The number of amides is 2. The Balaban J connectivity index is 0.000000324. The Hall–Kier alpha value is -4.37. The number of hydrogen-bond donors (Lipinski definition) is 2. The number of isocyanates is 1. The molecular weight excluding hydrogens is 636 g/mol. The van der Waals surface area contributed by atoms with Crippen LogP contribution in [-0.4, -0.2) is 29.2 Å². The molecule has 0 aliphatic carbocycles. The van der Waals surface area contributed by atoms with Crippen LogP contribution in [0.1, 0.15) is 5.56 Å². The molecule has 13 heteroatoms. The molecule has 5 aromatic rings. The maximum absolute atomic E-state index is 12.6. The average Bonchev–Trinajstić information content (AvgIpc) is 3.00. The summed E-state index contributed by atoms with van der Waals surface area (Å²) in [6, 6.07) is 22.5. The summed E-state index contributed by atoms with van der Waals surface area (Å²) in [4.78, 5) is 34.2. The fourth-order valence-electron chi connectivity index (χ4n) is 3.68. The second kappa shape index (κ2) is 15.2. The molecule has 0 saturated heterocycles. The SMILES string of the molecule is COc1cc2c(NC(=O)Nc3c(Cl)cccc3Cl)ncnc2cc1OCc1ccccc1.O=C=Nc1c(Cl)cccc1Cl. The molecule has 4 aromatic carbocycles. The van der Waals surface area contributed by atoms with Gasteiger partial charge in [0, 0.05) is 11.5 Å². The van der Waals surface area contributed by atoms with Gasteiger partial charge in [-0.2, -0.15) is 4.99 Å². The number of nitrogens with zero attached hydrogens (tertiary/aromatic N) is 3. The van der Waals surface area contributed by atoms with Gasteiger partial charge in [0.1, 0.15) is 24.4 Å². The van der Waals surface area contributed by atoms with E-state index in [0.29, 0.717) is 60.6 Å². The molecule has 0 bridgehead atoms. The lowest BCUT2D eigenvalue weighted by Gasteiger charge is -2.14. The van der Waals surface area contributed by atoms with Crippen LogP contribution in [0.15, 0.2) is 90.2 Å². The molecule has 0 unspecified atom stereocenters. The number of nitrogens with one attached hydrogen (secondary N) is 2. The average molecular weight is 657 g/mol. The third-order valence-corrected chi connectivity index (χ3v) is 6.93. The van der Waals surface area contributed by atoms with E-state index in [2.05, 4.69) is 25.6 Å². The van der Waals surface area contributed by atoms with Crippen molar-refractivity contribution >= 4 is 86.6 Å². The molecule has 2 N–H and O–H groups in total. The summed E-state index contributed by atoms with van der Waals surface area (Å²) < 4.78 is 11.4. The van der Waals surface area contributed by atoms with Gasteiger partial charge in [-0.3, -0.25) is 5.32 Å².